The normalized spacial score (nSPS) is 23.8. The fourth-order valence-electron chi connectivity index (χ4n) is 4.64. The average molecular weight is 432 g/mol. The monoisotopic (exact) mass is 431 g/mol. The van der Waals surface area contributed by atoms with Crippen LogP contribution in [0.15, 0.2) is 29.2 Å². The topological polar surface area (TPSA) is 72.5 Å². The SMILES string of the molecule is C[C@H](NC(=O)CSc1ccccc1C(=O)OCC(=O)C(C)(C)C)[C@H]1C[C@H]2CC[C@H]1C2. The minimum atomic E-state index is -0.553. The predicted octanol–water partition coefficient (Wildman–Crippen LogP) is 4.49. The molecule has 30 heavy (non-hydrogen) atoms. The highest BCUT2D eigenvalue weighted by molar-refractivity contribution is 8.00. The number of ether oxygens (including phenoxy) is 1. The highest BCUT2D eigenvalue weighted by Crippen LogP contribution is 2.49. The molecule has 0 aromatic heterocycles. The molecule has 1 N–H and O–H groups in total. The zero-order valence-corrected chi connectivity index (χ0v) is 19.2. The van der Waals surface area contributed by atoms with Crippen molar-refractivity contribution in [1.82, 2.24) is 5.32 Å². The van der Waals surface area contributed by atoms with Crippen LogP contribution in [-0.4, -0.2) is 36.1 Å². The van der Waals surface area contributed by atoms with E-state index in [-0.39, 0.29) is 30.1 Å². The largest absolute Gasteiger partial charge is 0.454 e. The van der Waals surface area contributed by atoms with E-state index in [9.17, 15) is 14.4 Å². The van der Waals surface area contributed by atoms with E-state index in [0.29, 0.717) is 16.4 Å². The van der Waals surface area contributed by atoms with E-state index in [1.807, 2.05) is 6.07 Å². The fourth-order valence-corrected chi connectivity index (χ4v) is 5.49. The first kappa shape index (κ1) is 22.9. The first-order valence-electron chi connectivity index (χ1n) is 10.9. The van der Waals surface area contributed by atoms with Crippen LogP contribution in [0.2, 0.25) is 0 Å². The number of carbonyl (C=O) groups excluding carboxylic acids is 3. The zero-order valence-electron chi connectivity index (χ0n) is 18.4. The number of thioether (sulfide) groups is 1. The number of ketones is 1. The summed E-state index contributed by atoms with van der Waals surface area (Å²) in [4.78, 5) is 37.7. The summed E-state index contributed by atoms with van der Waals surface area (Å²) in [6.45, 7) is 7.25. The number of amides is 1. The van der Waals surface area contributed by atoms with Gasteiger partial charge in [-0.05, 0) is 56.1 Å². The molecule has 4 atom stereocenters. The molecule has 5 nitrogen and oxygen atoms in total. The zero-order chi connectivity index (χ0) is 21.9. The Hall–Kier alpha value is -1.82. The molecule has 2 aliphatic carbocycles. The van der Waals surface area contributed by atoms with E-state index >= 15 is 0 Å². The van der Waals surface area contributed by atoms with E-state index in [2.05, 4.69) is 12.2 Å². The third-order valence-electron chi connectivity index (χ3n) is 6.46. The maximum absolute atomic E-state index is 12.5. The number of hydrogen-bond acceptors (Lipinski definition) is 5. The van der Waals surface area contributed by atoms with Crippen molar-refractivity contribution in [2.75, 3.05) is 12.4 Å². The number of Topliss-reactive ketones (excluding diaryl/α,β-unsaturated/α-hetero) is 1. The molecule has 164 valence electrons. The summed E-state index contributed by atoms with van der Waals surface area (Å²) in [5, 5.41) is 3.16. The van der Waals surface area contributed by atoms with Gasteiger partial charge >= 0.3 is 5.97 Å². The second-order valence-electron chi connectivity index (χ2n) is 9.73. The Balaban J connectivity index is 1.51. The molecule has 6 heteroatoms. The molecule has 0 unspecified atom stereocenters. The van der Waals surface area contributed by atoms with Crippen LogP contribution < -0.4 is 5.32 Å². The Morgan fingerprint density at radius 1 is 1.17 bits per heavy atom. The van der Waals surface area contributed by atoms with E-state index in [4.69, 9.17) is 4.74 Å². The van der Waals surface area contributed by atoms with Gasteiger partial charge in [0.05, 0.1) is 11.3 Å². The third-order valence-corrected chi connectivity index (χ3v) is 7.53. The molecule has 0 aliphatic heterocycles. The lowest BCUT2D eigenvalue weighted by molar-refractivity contribution is -0.129. The number of carbonyl (C=O) groups is 3. The molecule has 2 bridgehead atoms. The Morgan fingerprint density at radius 3 is 2.53 bits per heavy atom. The Labute approximate surface area is 183 Å². The fraction of sp³-hybridized carbons (Fsp3) is 0.625. The summed E-state index contributed by atoms with van der Waals surface area (Å²) in [5.41, 5.74) is -0.166. The van der Waals surface area contributed by atoms with Crippen molar-refractivity contribution < 1.29 is 19.1 Å². The van der Waals surface area contributed by atoms with E-state index in [0.717, 1.165) is 11.8 Å². The molecule has 2 saturated carbocycles. The van der Waals surface area contributed by atoms with Crippen LogP contribution in [0.3, 0.4) is 0 Å². The van der Waals surface area contributed by atoms with Gasteiger partial charge in [0.2, 0.25) is 5.91 Å². The van der Waals surface area contributed by atoms with Crippen molar-refractivity contribution in [3.8, 4) is 0 Å². The van der Waals surface area contributed by atoms with Crippen LogP contribution in [0.5, 0.6) is 0 Å². The first-order chi connectivity index (χ1) is 14.1. The maximum atomic E-state index is 12.5. The minimum Gasteiger partial charge on any atom is -0.454 e. The first-order valence-corrected chi connectivity index (χ1v) is 11.9. The van der Waals surface area contributed by atoms with E-state index in [1.54, 1.807) is 39.0 Å². The van der Waals surface area contributed by atoms with Gasteiger partial charge in [-0.3, -0.25) is 9.59 Å². The van der Waals surface area contributed by atoms with Gasteiger partial charge in [-0.15, -0.1) is 11.8 Å². The van der Waals surface area contributed by atoms with Gasteiger partial charge in [-0.25, -0.2) is 4.79 Å². The molecule has 1 amide bonds. The second-order valence-corrected chi connectivity index (χ2v) is 10.7. The lowest BCUT2D eigenvalue weighted by Crippen LogP contribution is -2.40. The molecule has 0 saturated heterocycles. The predicted molar refractivity (Wildman–Crippen MR) is 118 cm³/mol. The van der Waals surface area contributed by atoms with Crippen LogP contribution >= 0.6 is 11.8 Å². The molecule has 2 aliphatic rings. The molecule has 2 fully saturated rings. The highest BCUT2D eigenvalue weighted by Gasteiger charge is 2.42. The summed E-state index contributed by atoms with van der Waals surface area (Å²) in [5.74, 6) is 1.79. The molecule has 0 spiro atoms. The lowest BCUT2D eigenvalue weighted by Gasteiger charge is -2.28. The molecular weight excluding hydrogens is 398 g/mol. The lowest BCUT2D eigenvalue weighted by atomic mass is 9.84. The van der Waals surface area contributed by atoms with Crippen LogP contribution in [0.1, 0.15) is 63.7 Å². The molecule has 3 rings (SSSR count). The van der Waals surface area contributed by atoms with Crippen molar-refractivity contribution in [3.05, 3.63) is 29.8 Å². The van der Waals surface area contributed by atoms with Gasteiger partial charge in [-0.2, -0.15) is 0 Å². The van der Waals surface area contributed by atoms with Crippen molar-refractivity contribution >= 4 is 29.4 Å². The number of fused-ring (bicyclic) bond motifs is 2. The summed E-state index contributed by atoms with van der Waals surface area (Å²) < 4.78 is 5.22. The smallest absolute Gasteiger partial charge is 0.339 e. The van der Waals surface area contributed by atoms with Crippen molar-refractivity contribution in [1.29, 1.82) is 0 Å². The molecule has 1 aromatic rings. The number of hydrogen-bond donors (Lipinski definition) is 1. The molecule has 0 radical (unpaired) electrons. The van der Waals surface area contributed by atoms with Crippen LogP contribution in [0.25, 0.3) is 0 Å². The number of esters is 1. The number of nitrogens with one attached hydrogen (secondary N) is 1. The number of rotatable bonds is 8. The summed E-state index contributed by atoms with van der Waals surface area (Å²) in [7, 11) is 0. The number of benzene rings is 1. The van der Waals surface area contributed by atoms with Gasteiger partial charge in [0.25, 0.3) is 0 Å². The van der Waals surface area contributed by atoms with Crippen molar-refractivity contribution in [3.63, 3.8) is 0 Å². The second kappa shape index (κ2) is 9.54. The molecule has 1 aromatic carbocycles. The summed E-state index contributed by atoms with van der Waals surface area (Å²) >= 11 is 1.33. The van der Waals surface area contributed by atoms with Gasteiger partial charge < -0.3 is 10.1 Å². The van der Waals surface area contributed by atoms with Gasteiger partial charge in [0, 0.05) is 16.4 Å². The standard InChI is InChI=1S/C24H33NO4S/c1-15(19-12-16-9-10-17(19)11-16)25-22(27)14-30-20-8-6-5-7-18(20)23(28)29-13-21(26)24(2,3)4/h5-8,15-17,19H,9-14H2,1-4H3,(H,25,27)/t15-,16-,17-,19+/m0/s1. The van der Waals surface area contributed by atoms with Crippen molar-refractivity contribution in [2.24, 2.45) is 23.2 Å². The Kier molecular flexibility index (Phi) is 7.27. The van der Waals surface area contributed by atoms with Crippen molar-refractivity contribution in [2.45, 2.75) is 64.3 Å². The average Bonchev–Trinajstić information content (AvgIpc) is 3.33. The summed E-state index contributed by atoms with van der Waals surface area (Å²) in [6, 6.07) is 7.25. The highest BCUT2D eigenvalue weighted by atomic mass is 32.2. The Bertz CT molecular complexity index is 801. The van der Waals surface area contributed by atoms with Gasteiger partial charge in [0.1, 0.15) is 0 Å². The van der Waals surface area contributed by atoms with Crippen LogP contribution in [0, 0.1) is 23.2 Å². The van der Waals surface area contributed by atoms with Gasteiger partial charge in [0.15, 0.2) is 12.4 Å². The quantitative estimate of drug-likeness (QED) is 0.485. The van der Waals surface area contributed by atoms with Crippen LogP contribution in [0.4, 0.5) is 0 Å². The van der Waals surface area contributed by atoms with Gasteiger partial charge in [-0.1, -0.05) is 39.3 Å². The van der Waals surface area contributed by atoms with Crippen LogP contribution in [-0.2, 0) is 14.3 Å². The third kappa shape index (κ3) is 5.65. The summed E-state index contributed by atoms with van der Waals surface area (Å²) in [6.07, 6.45) is 5.22. The molecule has 0 heterocycles. The Morgan fingerprint density at radius 2 is 1.90 bits per heavy atom. The molecular formula is C24H33NO4S. The minimum absolute atomic E-state index is 0.0126. The maximum Gasteiger partial charge on any atom is 0.339 e. The van der Waals surface area contributed by atoms with E-state index in [1.165, 1.54) is 37.4 Å². The van der Waals surface area contributed by atoms with E-state index < -0.39 is 11.4 Å².